The Hall–Kier alpha value is -2.41. The number of aromatic nitrogens is 3. The molecular weight excluding hydrogens is 349 g/mol. The van der Waals surface area contributed by atoms with E-state index in [9.17, 15) is 4.79 Å². The summed E-state index contributed by atoms with van der Waals surface area (Å²) in [5.74, 6) is 5.57. The molecule has 0 unspecified atom stereocenters. The molecule has 0 saturated carbocycles. The summed E-state index contributed by atoms with van der Waals surface area (Å²) in [5.41, 5.74) is 4.86. The molecule has 24 heavy (non-hydrogen) atoms. The number of nitrogens with one attached hydrogen (secondary N) is 1. The van der Waals surface area contributed by atoms with Crippen molar-refractivity contribution in [2.45, 2.75) is 6.92 Å². The normalized spacial score (nSPS) is 10.7. The molecule has 0 fully saturated rings. The average molecular weight is 362 g/mol. The second-order valence-corrected chi connectivity index (χ2v) is 5.82. The summed E-state index contributed by atoms with van der Waals surface area (Å²) in [6, 6.07) is 13.4. The van der Waals surface area contributed by atoms with Crippen LogP contribution in [0.2, 0.25) is 10.0 Å². The number of fused-ring (bicyclic) bond motifs is 1. The van der Waals surface area contributed by atoms with Crippen molar-refractivity contribution in [2.24, 2.45) is 5.84 Å². The second-order valence-electron chi connectivity index (χ2n) is 5.00. The van der Waals surface area contributed by atoms with E-state index in [2.05, 4.69) is 39.7 Å². The summed E-state index contributed by atoms with van der Waals surface area (Å²) in [6.45, 7) is 1.63. The molecule has 0 atom stereocenters. The van der Waals surface area contributed by atoms with E-state index in [1.165, 1.54) is 15.7 Å². The van der Waals surface area contributed by atoms with Crippen molar-refractivity contribution >= 4 is 29.2 Å². The molecule has 1 heterocycles. The lowest BCUT2D eigenvalue weighted by Gasteiger charge is -2.12. The standard InChI is InChI=1S/C10H9Cl2N5O.C6H4/c1-5-14-9(16-13)15-10(18)17(5)8-6(11)3-2-4-7(8)12;1-2-6-4-3-5(1)6/h2-4H,13H2,1H3,(H,15,16,18);1-4H. The highest BCUT2D eigenvalue weighted by Gasteiger charge is 2.14. The van der Waals surface area contributed by atoms with Crippen LogP contribution in [-0.2, 0) is 0 Å². The van der Waals surface area contributed by atoms with Crippen LogP contribution in [0.5, 0.6) is 0 Å². The minimum absolute atomic E-state index is 0.0388. The highest BCUT2D eigenvalue weighted by molar-refractivity contribution is 6.37. The van der Waals surface area contributed by atoms with E-state index in [0.717, 1.165) is 0 Å². The van der Waals surface area contributed by atoms with Crippen LogP contribution in [0.25, 0.3) is 16.8 Å². The van der Waals surface area contributed by atoms with Crippen LogP contribution in [0.1, 0.15) is 5.82 Å². The van der Waals surface area contributed by atoms with E-state index in [0.29, 0.717) is 21.6 Å². The predicted molar refractivity (Wildman–Crippen MR) is 95.6 cm³/mol. The quantitative estimate of drug-likeness (QED) is 0.423. The first kappa shape index (κ1) is 16.4. The van der Waals surface area contributed by atoms with E-state index < -0.39 is 5.69 Å². The fourth-order valence-corrected chi connectivity index (χ4v) is 2.76. The molecule has 2 aliphatic carbocycles. The van der Waals surface area contributed by atoms with Gasteiger partial charge in [0.2, 0.25) is 5.95 Å². The van der Waals surface area contributed by atoms with Gasteiger partial charge < -0.3 is 0 Å². The molecule has 0 aliphatic heterocycles. The molecule has 6 nitrogen and oxygen atoms in total. The summed E-state index contributed by atoms with van der Waals surface area (Å²) >= 11 is 12.1. The molecule has 0 spiro atoms. The minimum Gasteiger partial charge on any atom is -0.292 e. The summed E-state index contributed by atoms with van der Waals surface area (Å²) in [7, 11) is 0. The van der Waals surface area contributed by atoms with Gasteiger partial charge in [0.05, 0.1) is 15.7 Å². The Labute approximate surface area is 147 Å². The third-order valence-corrected chi connectivity index (χ3v) is 4.10. The fraction of sp³-hybridized carbons (Fsp3) is 0.0625. The van der Waals surface area contributed by atoms with Gasteiger partial charge in [-0.3, -0.25) is 5.43 Å². The highest BCUT2D eigenvalue weighted by Crippen LogP contribution is 2.29. The first-order valence-corrected chi connectivity index (χ1v) is 7.76. The molecule has 4 rings (SSSR count). The SMILES string of the molecule is Cc1nc(NN)nc(=O)n1-c1c(Cl)cccc1Cl.c1cc2ccc1-2. The Morgan fingerprint density at radius 1 is 1.00 bits per heavy atom. The first-order chi connectivity index (χ1) is 11.5. The number of anilines is 1. The molecule has 1 aromatic carbocycles. The monoisotopic (exact) mass is 361 g/mol. The van der Waals surface area contributed by atoms with E-state index in [1.54, 1.807) is 25.1 Å². The van der Waals surface area contributed by atoms with Crippen molar-refractivity contribution in [1.29, 1.82) is 0 Å². The van der Waals surface area contributed by atoms with Gasteiger partial charge in [-0.2, -0.15) is 9.97 Å². The number of halogens is 2. The largest absolute Gasteiger partial charge is 0.357 e. The topological polar surface area (TPSA) is 85.8 Å². The van der Waals surface area contributed by atoms with Gasteiger partial charge >= 0.3 is 5.69 Å². The Balaban J connectivity index is 0.000000231. The van der Waals surface area contributed by atoms with Crippen LogP contribution in [0.4, 0.5) is 5.95 Å². The van der Waals surface area contributed by atoms with Crippen molar-refractivity contribution in [3.63, 3.8) is 0 Å². The fourth-order valence-electron chi connectivity index (χ4n) is 2.19. The van der Waals surface area contributed by atoms with Gasteiger partial charge in [0.15, 0.2) is 0 Å². The molecule has 8 heteroatoms. The van der Waals surface area contributed by atoms with Crippen LogP contribution < -0.4 is 17.0 Å². The third kappa shape index (κ3) is 2.99. The van der Waals surface area contributed by atoms with Crippen LogP contribution in [-0.4, -0.2) is 14.5 Å². The van der Waals surface area contributed by atoms with E-state index in [-0.39, 0.29) is 5.95 Å². The lowest BCUT2D eigenvalue weighted by atomic mass is 9.95. The van der Waals surface area contributed by atoms with Gasteiger partial charge in [0, 0.05) is 0 Å². The lowest BCUT2D eigenvalue weighted by molar-refractivity contribution is 0.811. The number of benzene rings is 2. The average Bonchev–Trinajstić information content (AvgIpc) is 2.53. The van der Waals surface area contributed by atoms with Gasteiger partial charge in [-0.05, 0) is 30.2 Å². The van der Waals surface area contributed by atoms with Crippen LogP contribution >= 0.6 is 23.2 Å². The number of nitrogens with zero attached hydrogens (tertiary/aromatic N) is 3. The Morgan fingerprint density at radius 2 is 1.54 bits per heavy atom. The number of hydrazine groups is 1. The Kier molecular flexibility index (Phi) is 4.53. The zero-order valence-electron chi connectivity index (χ0n) is 12.6. The van der Waals surface area contributed by atoms with Crippen molar-refractivity contribution in [2.75, 3.05) is 5.43 Å². The van der Waals surface area contributed by atoms with Gasteiger partial charge in [0.1, 0.15) is 5.82 Å². The summed E-state index contributed by atoms with van der Waals surface area (Å²) in [6.07, 6.45) is 0. The third-order valence-electron chi connectivity index (χ3n) is 3.49. The molecular formula is C16H13Cl2N5O. The van der Waals surface area contributed by atoms with Gasteiger partial charge in [0.25, 0.3) is 0 Å². The molecule has 2 aromatic rings. The van der Waals surface area contributed by atoms with Gasteiger partial charge in [-0.25, -0.2) is 15.2 Å². The number of hydrogen-bond donors (Lipinski definition) is 2. The number of para-hydroxylation sites is 1. The van der Waals surface area contributed by atoms with E-state index in [4.69, 9.17) is 29.0 Å². The molecule has 0 saturated heterocycles. The summed E-state index contributed by atoms with van der Waals surface area (Å²) < 4.78 is 1.23. The van der Waals surface area contributed by atoms with Crippen molar-refractivity contribution in [3.8, 4) is 16.8 Å². The summed E-state index contributed by atoms with van der Waals surface area (Å²) in [5, 5.41) is 0.675. The van der Waals surface area contributed by atoms with Gasteiger partial charge in [-0.15, -0.1) is 0 Å². The van der Waals surface area contributed by atoms with Gasteiger partial charge in [-0.1, -0.05) is 53.5 Å². The Bertz CT molecular complexity index is 912. The molecule has 0 radical (unpaired) electrons. The molecule has 0 bridgehead atoms. The number of rotatable bonds is 2. The molecule has 3 N–H and O–H groups in total. The maximum absolute atomic E-state index is 11.9. The zero-order valence-corrected chi connectivity index (χ0v) is 14.1. The Morgan fingerprint density at radius 3 is 1.92 bits per heavy atom. The van der Waals surface area contributed by atoms with Crippen LogP contribution in [0, 0.1) is 6.92 Å². The summed E-state index contributed by atoms with van der Waals surface area (Å²) in [4.78, 5) is 19.6. The van der Waals surface area contributed by atoms with Crippen molar-refractivity contribution in [3.05, 3.63) is 68.8 Å². The van der Waals surface area contributed by atoms with E-state index in [1.807, 2.05) is 0 Å². The second kappa shape index (κ2) is 6.60. The molecule has 0 amide bonds. The molecule has 122 valence electrons. The lowest BCUT2D eigenvalue weighted by Crippen LogP contribution is -2.28. The predicted octanol–water partition coefficient (Wildman–Crippen LogP) is 3.20. The highest BCUT2D eigenvalue weighted by atomic mass is 35.5. The minimum atomic E-state index is -0.564. The van der Waals surface area contributed by atoms with E-state index >= 15 is 0 Å². The first-order valence-electron chi connectivity index (χ1n) is 7.00. The van der Waals surface area contributed by atoms with Crippen molar-refractivity contribution in [1.82, 2.24) is 14.5 Å². The molecule has 1 aromatic heterocycles. The number of aryl methyl sites for hydroxylation is 1. The maximum atomic E-state index is 11.9. The zero-order chi connectivity index (χ0) is 17.3. The van der Waals surface area contributed by atoms with Crippen LogP contribution in [0.15, 0.2) is 47.3 Å². The smallest absolute Gasteiger partial charge is 0.292 e. The number of hydrogen-bond acceptors (Lipinski definition) is 5. The van der Waals surface area contributed by atoms with Crippen LogP contribution in [0.3, 0.4) is 0 Å². The number of nitrogens with two attached hydrogens (primary N) is 1. The maximum Gasteiger partial charge on any atom is 0.357 e. The van der Waals surface area contributed by atoms with Crippen molar-refractivity contribution < 1.29 is 0 Å². The molecule has 2 aliphatic rings. The number of nitrogen functional groups attached to an aromatic ring is 1.